The number of phenolic OH excluding ortho intramolecular Hbond substituents is 1. The van der Waals surface area contributed by atoms with E-state index < -0.39 is 0 Å². The minimum atomic E-state index is -0.298. The first-order valence-corrected chi connectivity index (χ1v) is 10.2. The Morgan fingerprint density at radius 2 is 2.00 bits per heavy atom. The van der Waals surface area contributed by atoms with Crippen molar-refractivity contribution in [2.75, 3.05) is 6.61 Å². The van der Waals surface area contributed by atoms with Crippen LogP contribution >= 0.6 is 0 Å². The number of nitrogens with zero attached hydrogens (tertiary/aromatic N) is 2. The normalized spacial score (nSPS) is 16.1. The summed E-state index contributed by atoms with van der Waals surface area (Å²) in [4.78, 5) is 33.2. The minimum absolute atomic E-state index is 0.0337. The first kappa shape index (κ1) is 19.3. The molecule has 3 heterocycles. The van der Waals surface area contributed by atoms with Crippen molar-refractivity contribution in [3.8, 4) is 17.3 Å². The standard InChI is InChI=1S/C24H21N3O4/c28-21-10-4-2-8-18(21)22(29)15-12-20(27(13-15)14-16-6-5-11-31-16)23-25-19-9-3-1-7-17(19)24(30)26-23/h1-4,7-10,12-13,16,28H,5-6,11,14H2,(H,25,26,30). The minimum Gasteiger partial charge on any atom is -0.507 e. The lowest BCUT2D eigenvalue weighted by molar-refractivity contribution is 0.0970. The van der Waals surface area contributed by atoms with E-state index in [9.17, 15) is 14.7 Å². The Morgan fingerprint density at radius 3 is 2.81 bits per heavy atom. The van der Waals surface area contributed by atoms with E-state index in [-0.39, 0.29) is 28.8 Å². The molecule has 1 saturated heterocycles. The molecule has 1 atom stereocenters. The third-order valence-corrected chi connectivity index (χ3v) is 5.59. The molecule has 0 bridgehead atoms. The molecule has 1 unspecified atom stereocenters. The smallest absolute Gasteiger partial charge is 0.259 e. The van der Waals surface area contributed by atoms with Crippen LogP contribution in [0, 0.1) is 0 Å². The molecule has 0 aliphatic carbocycles. The van der Waals surface area contributed by atoms with E-state index >= 15 is 0 Å². The second-order valence-electron chi connectivity index (χ2n) is 7.68. The SMILES string of the molecule is O=C(c1cc(-c2nc3ccccc3c(=O)[nH]2)n(CC2CCCO2)c1)c1ccccc1O. The molecule has 31 heavy (non-hydrogen) atoms. The van der Waals surface area contributed by atoms with Crippen molar-refractivity contribution in [3.05, 3.63) is 82.3 Å². The molecule has 0 radical (unpaired) electrons. The topological polar surface area (TPSA) is 97.2 Å². The summed E-state index contributed by atoms with van der Waals surface area (Å²) in [6.07, 6.45) is 3.70. The highest BCUT2D eigenvalue weighted by Gasteiger charge is 2.22. The van der Waals surface area contributed by atoms with Gasteiger partial charge in [0, 0.05) is 24.9 Å². The molecule has 7 nitrogen and oxygen atoms in total. The highest BCUT2D eigenvalue weighted by molar-refractivity contribution is 6.11. The third-order valence-electron chi connectivity index (χ3n) is 5.59. The van der Waals surface area contributed by atoms with E-state index in [4.69, 9.17) is 4.74 Å². The molecule has 1 fully saturated rings. The van der Waals surface area contributed by atoms with Crippen molar-refractivity contribution in [2.24, 2.45) is 0 Å². The van der Waals surface area contributed by atoms with Crippen LogP contribution in [-0.2, 0) is 11.3 Å². The maximum absolute atomic E-state index is 13.1. The number of hydrogen-bond acceptors (Lipinski definition) is 5. The summed E-state index contributed by atoms with van der Waals surface area (Å²) in [7, 11) is 0. The van der Waals surface area contributed by atoms with Crippen LogP contribution in [0.1, 0.15) is 28.8 Å². The van der Waals surface area contributed by atoms with Crippen molar-refractivity contribution >= 4 is 16.7 Å². The van der Waals surface area contributed by atoms with E-state index in [1.807, 2.05) is 10.6 Å². The summed E-state index contributed by atoms with van der Waals surface area (Å²) in [6, 6.07) is 15.3. The number of phenols is 1. The summed E-state index contributed by atoms with van der Waals surface area (Å²) in [6.45, 7) is 1.26. The number of carbonyl (C=O) groups is 1. The summed E-state index contributed by atoms with van der Waals surface area (Å²) in [5.41, 5.74) is 1.60. The Labute approximate surface area is 178 Å². The Morgan fingerprint density at radius 1 is 1.19 bits per heavy atom. The molecular formula is C24H21N3O4. The molecule has 1 aliphatic rings. The van der Waals surface area contributed by atoms with Crippen LogP contribution in [0.25, 0.3) is 22.4 Å². The summed E-state index contributed by atoms with van der Waals surface area (Å²) in [5, 5.41) is 10.6. The Hall–Kier alpha value is -3.71. The van der Waals surface area contributed by atoms with Gasteiger partial charge in [0.1, 0.15) is 5.75 Å². The average Bonchev–Trinajstić information content (AvgIpc) is 3.44. The lowest BCUT2D eigenvalue weighted by atomic mass is 10.0. The van der Waals surface area contributed by atoms with Crippen LogP contribution in [0.15, 0.2) is 65.6 Å². The van der Waals surface area contributed by atoms with E-state index in [0.717, 1.165) is 19.4 Å². The highest BCUT2D eigenvalue weighted by atomic mass is 16.5. The maximum Gasteiger partial charge on any atom is 0.259 e. The van der Waals surface area contributed by atoms with E-state index in [1.165, 1.54) is 6.07 Å². The van der Waals surface area contributed by atoms with Gasteiger partial charge in [-0.1, -0.05) is 24.3 Å². The third kappa shape index (κ3) is 3.64. The number of aromatic hydroxyl groups is 1. The van der Waals surface area contributed by atoms with E-state index in [0.29, 0.717) is 34.5 Å². The van der Waals surface area contributed by atoms with Gasteiger partial charge in [-0.15, -0.1) is 0 Å². The van der Waals surface area contributed by atoms with Gasteiger partial charge in [0.25, 0.3) is 5.56 Å². The first-order valence-electron chi connectivity index (χ1n) is 10.2. The van der Waals surface area contributed by atoms with Crippen LogP contribution < -0.4 is 5.56 Å². The number of carbonyl (C=O) groups excluding carboxylic acids is 1. The molecule has 0 saturated carbocycles. The number of aromatic nitrogens is 3. The number of nitrogens with one attached hydrogen (secondary N) is 1. The molecule has 4 aromatic rings. The zero-order valence-electron chi connectivity index (χ0n) is 16.7. The lowest BCUT2D eigenvalue weighted by Gasteiger charge is -2.13. The fourth-order valence-corrected chi connectivity index (χ4v) is 4.02. The quantitative estimate of drug-likeness (QED) is 0.486. The fourth-order valence-electron chi connectivity index (χ4n) is 4.02. The first-order chi connectivity index (χ1) is 15.1. The zero-order valence-corrected chi connectivity index (χ0v) is 16.7. The van der Waals surface area contributed by atoms with Crippen LogP contribution in [0.4, 0.5) is 0 Å². The number of fused-ring (bicyclic) bond motifs is 1. The van der Waals surface area contributed by atoms with Crippen molar-refractivity contribution in [2.45, 2.75) is 25.5 Å². The Bertz CT molecular complexity index is 1330. The van der Waals surface area contributed by atoms with E-state index in [2.05, 4.69) is 9.97 Å². The zero-order chi connectivity index (χ0) is 21.4. The van der Waals surface area contributed by atoms with Crippen molar-refractivity contribution in [1.82, 2.24) is 14.5 Å². The number of ketones is 1. The van der Waals surface area contributed by atoms with Gasteiger partial charge in [-0.25, -0.2) is 4.98 Å². The van der Waals surface area contributed by atoms with Gasteiger partial charge in [0.15, 0.2) is 11.6 Å². The number of hydrogen-bond donors (Lipinski definition) is 2. The number of rotatable bonds is 5. The Kier molecular flexibility index (Phi) is 4.88. The lowest BCUT2D eigenvalue weighted by Crippen LogP contribution is -2.17. The van der Waals surface area contributed by atoms with Crippen LogP contribution in [0.2, 0.25) is 0 Å². The monoisotopic (exact) mass is 415 g/mol. The molecule has 2 aromatic carbocycles. The van der Waals surface area contributed by atoms with Crippen LogP contribution in [-0.4, -0.2) is 38.1 Å². The molecular weight excluding hydrogens is 394 g/mol. The highest BCUT2D eigenvalue weighted by Crippen LogP contribution is 2.26. The predicted molar refractivity (Wildman–Crippen MR) is 116 cm³/mol. The van der Waals surface area contributed by atoms with Gasteiger partial charge in [0.05, 0.1) is 28.3 Å². The largest absolute Gasteiger partial charge is 0.507 e. The summed E-state index contributed by atoms with van der Waals surface area (Å²) >= 11 is 0. The van der Waals surface area contributed by atoms with Gasteiger partial charge in [-0.05, 0) is 43.2 Å². The number of para-hydroxylation sites is 2. The van der Waals surface area contributed by atoms with Gasteiger partial charge in [0.2, 0.25) is 0 Å². The molecule has 7 heteroatoms. The summed E-state index contributed by atoms with van der Waals surface area (Å²) in [5.74, 6) is 0.0183. The molecule has 2 N–H and O–H groups in total. The van der Waals surface area contributed by atoms with Crippen LogP contribution in [0.3, 0.4) is 0 Å². The molecule has 2 aromatic heterocycles. The molecule has 0 spiro atoms. The molecule has 1 aliphatic heterocycles. The number of aromatic amines is 1. The number of ether oxygens (including phenoxy) is 1. The van der Waals surface area contributed by atoms with Gasteiger partial charge < -0.3 is 19.4 Å². The molecule has 5 rings (SSSR count). The summed E-state index contributed by atoms with van der Waals surface area (Å²) < 4.78 is 7.68. The van der Waals surface area contributed by atoms with E-state index in [1.54, 1.807) is 48.7 Å². The maximum atomic E-state index is 13.1. The second-order valence-corrected chi connectivity index (χ2v) is 7.68. The molecule has 0 amide bonds. The van der Waals surface area contributed by atoms with Gasteiger partial charge in [-0.3, -0.25) is 9.59 Å². The predicted octanol–water partition coefficient (Wildman–Crippen LogP) is 3.51. The van der Waals surface area contributed by atoms with Crippen molar-refractivity contribution < 1.29 is 14.6 Å². The van der Waals surface area contributed by atoms with Gasteiger partial charge >= 0.3 is 0 Å². The fraction of sp³-hybridized carbons (Fsp3) is 0.208. The number of H-pyrrole nitrogens is 1. The average molecular weight is 415 g/mol. The van der Waals surface area contributed by atoms with Crippen LogP contribution in [0.5, 0.6) is 5.75 Å². The van der Waals surface area contributed by atoms with Crippen molar-refractivity contribution in [3.63, 3.8) is 0 Å². The molecule has 156 valence electrons. The van der Waals surface area contributed by atoms with Gasteiger partial charge in [-0.2, -0.15) is 0 Å². The Balaban J connectivity index is 1.62. The number of benzene rings is 2. The second kappa shape index (κ2) is 7.85. The van der Waals surface area contributed by atoms with Crippen molar-refractivity contribution in [1.29, 1.82) is 0 Å².